The van der Waals surface area contributed by atoms with Crippen molar-refractivity contribution in [2.75, 3.05) is 13.7 Å². The summed E-state index contributed by atoms with van der Waals surface area (Å²) in [5, 5.41) is 9.70. The van der Waals surface area contributed by atoms with Gasteiger partial charge in [0.2, 0.25) is 0 Å². The van der Waals surface area contributed by atoms with Gasteiger partial charge >= 0.3 is 11.4 Å². The van der Waals surface area contributed by atoms with Crippen LogP contribution in [0.5, 0.6) is 0 Å². The molecule has 224 valence electrons. The van der Waals surface area contributed by atoms with E-state index in [1.807, 2.05) is 66.7 Å². The van der Waals surface area contributed by atoms with Crippen molar-refractivity contribution in [3.63, 3.8) is 0 Å². The van der Waals surface area contributed by atoms with Crippen molar-refractivity contribution in [2.24, 2.45) is 10.2 Å². The molecular formula is C34H39N5O4. The van der Waals surface area contributed by atoms with E-state index in [0.717, 1.165) is 19.3 Å². The monoisotopic (exact) mass is 581 g/mol. The second kappa shape index (κ2) is 11.9. The van der Waals surface area contributed by atoms with E-state index < -0.39 is 28.5 Å². The molecule has 2 aliphatic heterocycles. The lowest BCUT2D eigenvalue weighted by molar-refractivity contribution is -0.280. The van der Waals surface area contributed by atoms with Crippen molar-refractivity contribution in [3.8, 4) is 5.69 Å². The number of nitrogens with zero attached hydrogens (tertiary/aromatic N) is 5. The van der Waals surface area contributed by atoms with Crippen LogP contribution in [-0.2, 0) is 20.8 Å². The van der Waals surface area contributed by atoms with Gasteiger partial charge in [0.25, 0.3) is 17.1 Å². The third-order valence-corrected chi connectivity index (χ3v) is 8.77. The quantitative estimate of drug-likeness (QED) is 0.131. The molecule has 1 aromatic heterocycles. The minimum Gasteiger partial charge on any atom is -0.345 e. The Morgan fingerprint density at radius 3 is 1.53 bits per heavy atom. The molecule has 0 amide bonds. The molecule has 6 rings (SSSR count). The van der Waals surface area contributed by atoms with Crippen LogP contribution in [0.4, 0.5) is 0 Å². The minimum absolute atomic E-state index is 0.351. The van der Waals surface area contributed by atoms with Gasteiger partial charge in [-0.25, -0.2) is 14.2 Å². The molecule has 2 aliphatic rings. The van der Waals surface area contributed by atoms with E-state index >= 15 is 0 Å². The molecule has 0 radical (unpaired) electrons. The zero-order valence-corrected chi connectivity index (χ0v) is 24.9. The first-order chi connectivity index (χ1) is 21.1. The van der Waals surface area contributed by atoms with Crippen LogP contribution in [0.15, 0.2) is 111 Å². The first-order valence-electron chi connectivity index (χ1n) is 15.4. The molecule has 4 aromatic rings. The van der Waals surface area contributed by atoms with Gasteiger partial charge in [0.05, 0.1) is 12.3 Å². The number of aromatic nitrogens is 3. The van der Waals surface area contributed by atoms with Gasteiger partial charge < -0.3 is 9.47 Å². The van der Waals surface area contributed by atoms with E-state index in [4.69, 9.17) is 19.7 Å². The van der Waals surface area contributed by atoms with E-state index in [2.05, 4.69) is 6.92 Å². The first-order valence-corrected chi connectivity index (χ1v) is 15.4. The third kappa shape index (κ3) is 4.20. The van der Waals surface area contributed by atoms with Crippen molar-refractivity contribution in [1.82, 2.24) is 13.9 Å². The van der Waals surface area contributed by atoms with E-state index in [1.54, 1.807) is 31.4 Å². The third-order valence-electron chi connectivity index (χ3n) is 8.77. The molecule has 9 nitrogen and oxygen atoms in total. The van der Waals surface area contributed by atoms with Gasteiger partial charge in [-0.05, 0) is 18.6 Å². The number of benzene rings is 3. The van der Waals surface area contributed by atoms with Crippen LogP contribution >= 0.6 is 0 Å². The summed E-state index contributed by atoms with van der Waals surface area (Å²) in [6.45, 7) is 2.58. The van der Waals surface area contributed by atoms with Crippen molar-refractivity contribution in [2.45, 2.75) is 75.4 Å². The Hall–Kier alpha value is -4.08. The fraction of sp³-hybridized carbons (Fsp3) is 0.412. The molecule has 0 N–H and O–H groups in total. The highest BCUT2D eigenvalue weighted by molar-refractivity contribution is 5.43. The molecule has 0 aliphatic carbocycles. The normalized spacial score (nSPS) is 23.6. The standard InChI is InChI=1S/C34H39N5O4/c1-3-4-5-6-7-8-9-19-26-43-34(42-2)32(27-20-13-10-14-21-27)35-36-33(34,28-22-15-11-16-23-28)39-31(41)37(30(40)38(32)39)29-24-17-12-18-25-29/h10-18,20-25H,3-9,19,26H2,1-2H3/t32-,33+,34?. The maximum atomic E-state index is 14.4. The largest absolute Gasteiger partial charge is 0.354 e. The van der Waals surface area contributed by atoms with Crippen molar-refractivity contribution in [3.05, 3.63) is 123 Å². The number of unbranched alkanes of at least 4 members (excludes halogenated alkanes) is 7. The lowest BCUT2D eigenvalue weighted by Gasteiger charge is -2.41. The number of fused-ring (bicyclic) bond motifs is 5. The minimum atomic E-state index is -1.65. The van der Waals surface area contributed by atoms with Crippen molar-refractivity contribution >= 4 is 0 Å². The van der Waals surface area contributed by atoms with Crippen LogP contribution in [0, 0.1) is 0 Å². The summed E-state index contributed by atoms with van der Waals surface area (Å²) >= 11 is 0. The summed E-state index contributed by atoms with van der Waals surface area (Å²) in [4.78, 5) is 28.9. The second-order valence-electron chi connectivity index (χ2n) is 11.3. The molecule has 0 saturated heterocycles. The number of hydrogen-bond donors (Lipinski definition) is 0. The van der Waals surface area contributed by atoms with Crippen LogP contribution in [0.1, 0.15) is 69.4 Å². The predicted molar refractivity (Wildman–Crippen MR) is 164 cm³/mol. The maximum absolute atomic E-state index is 14.4. The fourth-order valence-corrected chi connectivity index (χ4v) is 6.77. The number of rotatable bonds is 14. The summed E-state index contributed by atoms with van der Waals surface area (Å²) in [7, 11) is 1.55. The smallest absolute Gasteiger partial charge is 0.345 e. The van der Waals surface area contributed by atoms with E-state index in [-0.39, 0.29) is 0 Å². The van der Waals surface area contributed by atoms with E-state index in [1.165, 1.54) is 46.0 Å². The van der Waals surface area contributed by atoms with Crippen LogP contribution in [0.3, 0.4) is 0 Å². The molecular weight excluding hydrogens is 542 g/mol. The van der Waals surface area contributed by atoms with Gasteiger partial charge in [-0.3, -0.25) is 0 Å². The predicted octanol–water partition coefficient (Wildman–Crippen LogP) is 6.18. The average Bonchev–Trinajstić information content (AvgIpc) is 3.59. The summed E-state index contributed by atoms with van der Waals surface area (Å²) in [6, 6.07) is 27.7. The van der Waals surface area contributed by atoms with Crippen LogP contribution < -0.4 is 11.4 Å². The highest BCUT2D eigenvalue weighted by Crippen LogP contribution is 2.62. The number of methoxy groups -OCH3 is 1. The zero-order valence-electron chi connectivity index (χ0n) is 24.9. The van der Waals surface area contributed by atoms with Gasteiger partial charge in [0.1, 0.15) is 0 Å². The highest BCUT2D eigenvalue weighted by Gasteiger charge is 2.82. The molecule has 1 unspecified atom stereocenters. The topological polar surface area (TPSA) is 92.1 Å². The Kier molecular flexibility index (Phi) is 8.03. The summed E-state index contributed by atoms with van der Waals surface area (Å²) < 4.78 is 17.2. The zero-order chi connectivity index (χ0) is 29.9. The molecule has 3 atom stereocenters. The fourth-order valence-electron chi connectivity index (χ4n) is 6.77. The summed E-state index contributed by atoms with van der Waals surface area (Å²) in [5.41, 5.74) is -2.58. The molecule has 2 bridgehead atoms. The van der Waals surface area contributed by atoms with Gasteiger partial charge in [-0.15, -0.1) is 10.2 Å². The summed E-state index contributed by atoms with van der Waals surface area (Å²) in [6.07, 6.45) is 9.15. The first kappa shape index (κ1) is 29.0. The molecule has 3 heterocycles. The van der Waals surface area contributed by atoms with E-state index in [0.29, 0.717) is 23.4 Å². The lowest BCUT2D eigenvalue weighted by atomic mass is 9.82. The number of ether oxygens (including phenoxy) is 2. The molecule has 0 fully saturated rings. The number of azo groups is 1. The average molecular weight is 582 g/mol. The number of para-hydroxylation sites is 1. The molecule has 43 heavy (non-hydrogen) atoms. The Morgan fingerprint density at radius 2 is 1.07 bits per heavy atom. The summed E-state index contributed by atoms with van der Waals surface area (Å²) in [5.74, 6) is -1.65. The van der Waals surface area contributed by atoms with Crippen molar-refractivity contribution < 1.29 is 9.47 Å². The Bertz CT molecular complexity index is 1590. The van der Waals surface area contributed by atoms with Gasteiger partial charge in [0, 0.05) is 18.2 Å². The van der Waals surface area contributed by atoms with E-state index in [9.17, 15) is 9.59 Å². The molecule has 0 spiro atoms. The van der Waals surface area contributed by atoms with Crippen molar-refractivity contribution in [1.29, 1.82) is 0 Å². The highest BCUT2D eigenvalue weighted by atomic mass is 16.7. The lowest BCUT2D eigenvalue weighted by Crippen LogP contribution is -2.62. The van der Waals surface area contributed by atoms with Gasteiger partial charge in [-0.1, -0.05) is 131 Å². The van der Waals surface area contributed by atoms with Gasteiger partial charge in [0.15, 0.2) is 0 Å². The second-order valence-corrected chi connectivity index (χ2v) is 11.3. The number of hydrogen-bond acceptors (Lipinski definition) is 6. The molecule has 9 heteroatoms. The molecule has 3 aromatic carbocycles. The Morgan fingerprint density at radius 1 is 0.628 bits per heavy atom. The Labute approximate surface area is 251 Å². The molecule has 0 saturated carbocycles. The van der Waals surface area contributed by atoms with Crippen LogP contribution in [-0.4, -0.2) is 33.4 Å². The SMILES string of the molecule is CCCCCCCCCCOC1(OC)[C@]2(c3ccccc3)N=N[C@@]1(c1ccccc1)n1c(=O)n(-c3ccccc3)c(=O)n12. The van der Waals surface area contributed by atoms with Crippen LogP contribution in [0.2, 0.25) is 0 Å². The Balaban J connectivity index is 1.50. The maximum Gasteiger partial charge on any atom is 0.354 e. The van der Waals surface area contributed by atoms with Gasteiger partial charge in [-0.2, -0.15) is 9.36 Å². The van der Waals surface area contributed by atoms with Crippen LogP contribution in [0.25, 0.3) is 5.69 Å².